The summed E-state index contributed by atoms with van der Waals surface area (Å²) >= 11 is 5.03. The van der Waals surface area contributed by atoms with Gasteiger partial charge in [0.2, 0.25) is 0 Å². The molecule has 0 spiro atoms. The van der Waals surface area contributed by atoms with E-state index in [-0.39, 0.29) is 5.91 Å². The maximum absolute atomic E-state index is 12.0. The van der Waals surface area contributed by atoms with E-state index in [2.05, 4.69) is 33.4 Å². The Morgan fingerprint density at radius 3 is 2.65 bits per heavy atom. The summed E-state index contributed by atoms with van der Waals surface area (Å²) in [7, 11) is 0. The Labute approximate surface area is 131 Å². The van der Waals surface area contributed by atoms with Gasteiger partial charge in [-0.2, -0.15) is 0 Å². The smallest absolute Gasteiger partial charge is 0.253 e. The van der Waals surface area contributed by atoms with Crippen LogP contribution in [-0.4, -0.2) is 18.2 Å². The molecule has 0 saturated heterocycles. The molecular formula is C15H15BrN2OS. The van der Waals surface area contributed by atoms with Crippen molar-refractivity contribution in [2.45, 2.75) is 4.90 Å². The average Bonchev–Trinajstić information content (AvgIpc) is 2.44. The zero-order valence-electron chi connectivity index (χ0n) is 10.8. The zero-order valence-corrected chi connectivity index (χ0v) is 13.2. The fourth-order valence-electron chi connectivity index (χ4n) is 1.69. The Kier molecular flexibility index (Phi) is 5.49. The van der Waals surface area contributed by atoms with Crippen LogP contribution < -0.4 is 11.1 Å². The Bertz CT molecular complexity index is 590. The molecular weight excluding hydrogens is 336 g/mol. The Morgan fingerprint density at radius 2 is 1.95 bits per heavy atom. The molecule has 0 fully saturated rings. The number of rotatable bonds is 5. The highest BCUT2D eigenvalue weighted by Crippen LogP contribution is 2.19. The fraction of sp³-hybridized carbons (Fsp3) is 0.133. The molecule has 3 N–H and O–H groups in total. The van der Waals surface area contributed by atoms with Crippen LogP contribution >= 0.6 is 27.7 Å². The molecule has 0 heterocycles. The van der Waals surface area contributed by atoms with Crippen LogP contribution in [0.1, 0.15) is 10.4 Å². The lowest BCUT2D eigenvalue weighted by Crippen LogP contribution is -2.26. The van der Waals surface area contributed by atoms with E-state index in [9.17, 15) is 4.79 Å². The summed E-state index contributed by atoms with van der Waals surface area (Å²) in [4.78, 5) is 13.2. The van der Waals surface area contributed by atoms with Gasteiger partial charge in [-0.1, -0.05) is 34.1 Å². The van der Waals surface area contributed by atoms with Gasteiger partial charge in [0.25, 0.3) is 5.91 Å². The second kappa shape index (κ2) is 7.36. The molecule has 2 aromatic rings. The SMILES string of the molecule is Nc1cc(Br)ccc1C(=O)NCCSc1ccccc1. The van der Waals surface area contributed by atoms with E-state index in [1.165, 1.54) is 4.90 Å². The first-order chi connectivity index (χ1) is 9.66. The molecule has 2 rings (SSSR count). The van der Waals surface area contributed by atoms with E-state index in [1.54, 1.807) is 23.9 Å². The number of amides is 1. The van der Waals surface area contributed by atoms with Crippen molar-refractivity contribution >= 4 is 39.3 Å². The molecule has 1 amide bonds. The first kappa shape index (κ1) is 14.9. The van der Waals surface area contributed by atoms with Crippen LogP contribution in [0.25, 0.3) is 0 Å². The first-order valence-corrected chi connectivity index (χ1v) is 7.96. The minimum absolute atomic E-state index is 0.135. The van der Waals surface area contributed by atoms with Crippen LogP contribution in [-0.2, 0) is 0 Å². The van der Waals surface area contributed by atoms with Gasteiger partial charge in [0.15, 0.2) is 0 Å². The Hall–Kier alpha value is -1.46. The summed E-state index contributed by atoms with van der Waals surface area (Å²) in [5.74, 6) is 0.690. The van der Waals surface area contributed by atoms with Gasteiger partial charge < -0.3 is 11.1 Å². The van der Waals surface area contributed by atoms with Crippen LogP contribution in [0.4, 0.5) is 5.69 Å². The second-order valence-corrected chi connectivity index (χ2v) is 6.23. The number of nitrogens with two attached hydrogens (primary N) is 1. The van der Waals surface area contributed by atoms with Crippen molar-refractivity contribution in [1.29, 1.82) is 0 Å². The number of hydrogen-bond acceptors (Lipinski definition) is 3. The van der Waals surface area contributed by atoms with E-state index in [1.807, 2.05) is 24.3 Å². The number of benzene rings is 2. The Balaban J connectivity index is 1.80. The van der Waals surface area contributed by atoms with Crippen LogP contribution in [0, 0.1) is 0 Å². The van der Waals surface area contributed by atoms with Gasteiger partial charge in [0.1, 0.15) is 0 Å². The number of halogens is 1. The minimum atomic E-state index is -0.135. The molecule has 0 aromatic heterocycles. The van der Waals surface area contributed by atoms with Gasteiger partial charge >= 0.3 is 0 Å². The molecule has 0 unspecified atom stereocenters. The number of hydrogen-bond donors (Lipinski definition) is 2. The van der Waals surface area contributed by atoms with E-state index in [0.717, 1.165) is 10.2 Å². The molecule has 0 atom stereocenters. The topological polar surface area (TPSA) is 55.1 Å². The van der Waals surface area contributed by atoms with Crippen molar-refractivity contribution in [3.8, 4) is 0 Å². The molecule has 0 radical (unpaired) electrons. The third kappa shape index (κ3) is 4.28. The highest BCUT2D eigenvalue weighted by Gasteiger charge is 2.08. The number of nitrogens with one attached hydrogen (secondary N) is 1. The van der Waals surface area contributed by atoms with Crippen molar-refractivity contribution in [1.82, 2.24) is 5.32 Å². The maximum Gasteiger partial charge on any atom is 0.253 e. The van der Waals surface area contributed by atoms with Gasteiger partial charge in [-0.25, -0.2) is 0 Å². The third-order valence-electron chi connectivity index (χ3n) is 2.66. The summed E-state index contributed by atoms with van der Waals surface area (Å²) in [6.07, 6.45) is 0. The zero-order chi connectivity index (χ0) is 14.4. The number of anilines is 1. The number of carbonyl (C=O) groups excluding carboxylic acids is 1. The normalized spacial score (nSPS) is 10.2. The molecule has 0 aliphatic carbocycles. The Morgan fingerprint density at radius 1 is 1.20 bits per heavy atom. The molecule has 104 valence electrons. The standard InChI is InChI=1S/C15H15BrN2OS/c16-11-6-7-13(14(17)10-11)15(19)18-8-9-20-12-4-2-1-3-5-12/h1-7,10H,8-9,17H2,(H,18,19). The summed E-state index contributed by atoms with van der Waals surface area (Å²) in [6.45, 7) is 0.605. The summed E-state index contributed by atoms with van der Waals surface area (Å²) in [6, 6.07) is 15.4. The molecule has 0 aliphatic heterocycles. The molecule has 3 nitrogen and oxygen atoms in total. The van der Waals surface area contributed by atoms with E-state index >= 15 is 0 Å². The molecule has 5 heteroatoms. The fourth-order valence-corrected chi connectivity index (χ4v) is 2.85. The third-order valence-corrected chi connectivity index (χ3v) is 4.16. The number of nitrogen functional groups attached to an aromatic ring is 1. The lowest BCUT2D eigenvalue weighted by molar-refractivity contribution is 0.0957. The monoisotopic (exact) mass is 350 g/mol. The van der Waals surface area contributed by atoms with Gasteiger partial charge in [0, 0.05) is 27.4 Å². The van der Waals surface area contributed by atoms with Gasteiger partial charge in [-0.3, -0.25) is 4.79 Å². The molecule has 20 heavy (non-hydrogen) atoms. The maximum atomic E-state index is 12.0. The molecule has 0 saturated carbocycles. The van der Waals surface area contributed by atoms with E-state index in [0.29, 0.717) is 17.8 Å². The van der Waals surface area contributed by atoms with Crippen molar-refractivity contribution in [3.63, 3.8) is 0 Å². The number of carbonyl (C=O) groups is 1. The van der Waals surface area contributed by atoms with Crippen LogP contribution in [0.3, 0.4) is 0 Å². The lowest BCUT2D eigenvalue weighted by atomic mass is 10.2. The van der Waals surface area contributed by atoms with Crippen molar-refractivity contribution in [3.05, 3.63) is 58.6 Å². The van der Waals surface area contributed by atoms with Gasteiger partial charge in [0.05, 0.1) is 5.56 Å². The van der Waals surface area contributed by atoms with E-state index < -0.39 is 0 Å². The average molecular weight is 351 g/mol. The highest BCUT2D eigenvalue weighted by atomic mass is 79.9. The summed E-state index contributed by atoms with van der Waals surface area (Å²) in [5, 5.41) is 2.87. The predicted molar refractivity (Wildman–Crippen MR) is 88.1 cm³/mol. The second-order valence-electron chi connectivity index (χ2n) is 4.15. The van der Waals surface area contributed by atoms with E-state index in [4.69, 9.17) is 5.73 Å². The summed E-state index contributed by atoms with van der Waals surface area (Å²) in [5.41, 5.74) is 6.81. The van der Waals surface area contributed by atoms with Crippen molar-refractivity contribution in [2.24, 2.45) is 0 Å². The molecule has 0 bridgehead atoms. The highest BCUT2D eigenvalue weighted by molar-refractivity contribution is 9.10. The van der Waals surface area contributed by atoms with Gasteiger partial charge in [-0.05, 0) is 30.3 Å². The van der Waals surface area contributed by atoms with Crippen molar-refractivity contribution in [2.75, 3.05) is 18.0 Å². The predicted octanol–water partition coefficient (Wildman–Crippen LogP) is 3.55. The lowest BCUT2D eigenvalue weighted by Gasteiger charge is -2.07. The van der Waals surface area contributed by atoms with Crippen LogP contribution in [0.5, 0.6) is 0 Å². The minimum Gasteiger partial charge on any atom is -0.398 e. The molecule has 0 aliphatic rings. The largest absolute Gasteiger partial charge is 0.398 e. The van der Waals surface area contributed by atoms with Gasteiger partial charge in [-0.15, -0.1) is 11.8 Å². The van der Waals surface area contributed by atoms with Crippen molar-refractivity contribution < 1.29 is 4.79 Å². The quantitative estimate of drug-likeness (QED) is 0.492. The molecule has 2 aromatic carbocycles. The number of thioether (sulfide) groups is 1. The first-order valence-electron chi connectivity index (χ1n) is 6.18. The van der Waals surface area contributed by atoms with Crippen LogP contribution in [0.2, 0.25) is 0 Å². The summed E-state index contributed by atoms with van der Waals surface area (Å²) < 4.78 is 0.867. The van der Waals surface area contributed by atoms with Crippen LogP contribution in [0.15, 0.2) is 57.9 Å².